The van der Waals surface area contributed by atoms with Crippen molar-refractivity contribution in [3.8, 4) is 38.5 Å². The molecule has 0 unspecified atom stereocenters. The van der Waals surface area contributed by atoms with Gasteiger partial charge in [0.25, 0.3) is 5.89 Å². The van der Waals surface area contributed by atoms with Crippen LogP contribution in [0.3, 0.4) is 0 Å². The van der Waals surface area contributed by atoms with Gasteiger partial charge >= 0.3 is 0 Å². The lowest BCUT2D eigenvalue weighted by molar-refractivity contribution is 0.100. The fraction of sp³-hybridized carbons (Fsp3) is 0.0526. The third-order valence-corrected chi connectivity index (χ3v) is 5.26. The first kappa shape index (κ1) is 17.7. The maximum absolute atomic E-state index is 11.4. The second kappa shape index (κ2) is 6.78. The largest absolute Gasteiger partial charge is 0.508 e. The van der Waals surface area contributed by atoms with Crippen LogP contribution in [0.15, 0.2) is 47.0 Å². The van der Waals surface area contributed by atoms with Gasteiger partial charge in [-0.1, -0.05) is 11.2 Å². The number of aromatic nitrogens is 3. The highest BCUT2D eigenvalue weighted by atomic mass is 32.1. The second-order valence-corrected chi connectivity index (χ2v) is 7.10. The number of nitrogens with two attached hydrogens (primary N) is 2. The highest BCUT2D eigenvalue weighted by Crippen LogP contribution is 2.37. The van der Waals surface area contributed by atoms with Crippen LogP contribution in [0, 0.1) is 6.92 Å². The highest BCUT2D eigenvalue weighted by molar-refractivity contribution is 7.18. The van der Waals surface area contributed by atoms with E-state index >= 15 is 0 Å². The summed E-state index contributed by atoms with van der Waals surface area (Å²) in [4.78, 5) is 20.8. The Morgan fingerprint density at radius 2 is 1.89 bits per heavy atom. The zero-order valence-corrected chi connectivity index (χ0v) is 15.5. The van der Waals surface area contributed by atoms with Crippen molar-refractivity contribution < 1.29 is 14.4 Å². The molecule has 0 bridgehead atoms. The van der Waals surface area contributed by atoms with Gasteiger partial charge in [-0.2, -0.15) is 4.98 Å². The zero-order chi connectivity index (χ0) is 19.8. The Labute approximate surface area is 163 Å². The smallest absolute Gasteiger partial charge is 0.272 e. The molecule has 1 amide bonds. The first-order chi connectivity index (χ1) is 13.4. The molecule has 2 heterocycles. The molecule has 28 heavy (non-hydrogen) atoms. The van der Waals surface area contributed by atoms with E-state index in [0.717, 1.165) is 11.1 Å². The molecule has 0 saturated heterocycles. The summed E-state index contributed by atoms with van der Waals surface area (Å²) >= 11 is 1.30. The number of rotatable bonds is 4. The van der Waals surface area contributed by atoms with Gasteiger partial charge in [0.1, 0.15) is 21.5 Å². The van der Waals surface area contributed by atoms with Gasteiger partial charge in [0, 0.05) is 16.7 Å². The molecule has 2 aromatic heterocycles. The summed E-state index contributed by atoms with van der Waals surface area (Å²) in [6.45, 7) is 1.88. The van der Waals surface area contributed by atoms with E-state index in [9.17, 15) is 9.90 Å². The van der Waals surface area contributed by atoms with Crippen LogP contribution in [0.2, 0.25) is 0 Å². The molecule has 0 aliphatic rings. The van der Waals surface area contributed by atoms with E-state index < -0.39 is 5.91 Å². The van der Waals surface area contributed by atoms with Crippen molar-refractivity contribution in [1.82, 2.24) is 15.1 Å². The average Bonchev–Trinajstić information content (AvgIpc) is 3.29. The van der Waals surface area contributed by atoms with Crippen LogP contribution in [0.5, 0.6) is 5.75 Å². The molecule has 0 atom stereocenters. The number of phenolic OH excluding ortho intramolecular Hbond substituents is 1. The lowest BCUT2D eigenvalue weighted by Crippen LogP contribution is -2.11. The predicted molar refractivity (Wildman–Crippen MR) is 106 cm³/mol. The predicted octanol–water partition coefficient (Wildman–Crippen LogP) is 3.22. The number of benzene rings is 2. The van der Waals surface area contributed by atoms with Crippen LogP contribution >= 0.6 is 11.3 Å². The number of anilines is 1. The SMILES string of the molecule is Cc1ccc(C(N)=O)cc1-c1noc(-c2sc(-c3ccc(O)cc3)nc2N)n1. The summed E-state index contributed by atoms with van der Waals surface area (Å²) < 4.78 is 5.38. The third-order valence-electron chi connectivity index (χ3n) is 4.15. The van der Waals surface area contributed by atoms with Crippen molar-refractivity contribution in [3.05, 3.63) is 53.6 Å². The van der Waals surface area contributed by atoms with E-state index in [2.05, 4.69) is 15.1 Å². The number of thiazole rings is 1. The average molecular weight is 393 g/mol. The van der Waals surface area contributed by atoms with Gasteiger partial charge in [0.2, 0.25) is 11.7 Å². The van der Waals surface area contributed by atoms with E-state index in [1.54, 1.807) is 42.5 Å². The van der Waals surface area contributed by atoms with Crippen molar-refractivity contribution in [2.24, 2.45) is 5.73 Å². The van der Waals surface area contributed by atoms with Gasteiger partial charge in [-0.25, -0.2) is 4.98 Å². The minimum absolute atomic E-state index is 0.170. The van der Waals surface area contributed by atoms with Gasteiger partial charge in [-0.05, 0) is 48.9 Å². The first-order valence-electron chi connectivity index (χ1n) is 8.23. The number of hydrogen-bond acceptors (Lipinski definition) is 8. The Morgan fingerprint density at radius 3 is 2.61 bits per heavy atom. The Balaban J connectivity index is 1.72. The molecule has 4 rings (SSSR count). The van der Waals surface area contributed by atoms with Gasteiger partial charge in [-0.3, -0.25) is 4.79 Å². The van der Waals surface area contributed by atoms with Crippen LogP contribution in [0.4, 0.5) is 5.82 Å². The molecular formula is C19H15N5O3S. The fourth-order valence-electron chi connectivity index (χ4n) is 2.65. The summed E-state index contributed by atoms with van der Waals surface area (Å²) in [5.41, 5.74) is 14.1. The van der Waals surface area contributed by atoms with Crippen molar-refractivity contribution in [2.45, 2.75) is 6.92 Å². The van der Waals surface area contributed by atoms with E-state index in [1.807, 2.05) is 6.92 Å². The summed E-state index contributed by atoms with van der Waals surface area (Å²) in [5, 5.41) is 14.1. The van der Waals surface area contributed by atoms with Crippen LogP contribution in [0.1, 0.15) is 15.9 Å². The fourth-order valence-corrected chi connectivity index (χ4v) is 3.57. The summed E-state index contributed by atoms with van der Waals surface area (Å²) in [7, 11) is 0. The zero-order valence-electron chi connectivity index (χ0n) is 14.7. The molecule has 9 heteroatoms. The molecular weight excluding hydrogens is 378 g/mol. The van der Waals surface area contributed by atoms with Crippen molar-refractivity contribution in [2.75, 3.05) is 5.73 Å². The lowest BCUT2D eigenvalue weighted by Gasteiger charge is -2.02. The van der Waals surface area contributed by atoms with E-state index in [4.69, 9.17) is 16.0 Å². The molecule has 0 aliphatic carbocycles. The van der Waals surface area contributed by atoms with Crippen LogP contribution in [-0.2, 0) is 0 Å². The Hall–Kier alpha value is -3.72. The second-order valence-electron chi connectivity index (χ2n) is 6.10. The minimum atomic E-state index is -0.532. The molecule has 0 saturated carbocycles. The van der Waals surface area contributed by atoms with Gasteiger partial charge in [-0.15, -0.1) is 11.3 Å². The number of aromatic hydroxyl groups is 1. The molecule has 5 N–H and O–H groups in total. The quantitative estimate of drug-likeness (QED) is 0.483. The number of nitrogen functional groups attached to an aromatic ring is 1. The maximum Gasteiger partial charge on any atom is 0.272 e. The number of nitrogens with zero attached hydrogens (tertiary/aromatic N) is 3. The number of carbonyl (C=O) groups is 1. The first-order valence-corrected chi connectivity index (χ1v) is 9.04. The van der Waals surface area contributed by atoms with Crippen LogP contribution in [0.25, 0.3) is 32.7 Å². The molecule has 140 valence electrons. The Kier molecular flexibility index (Phi) is 4.28. The van der Waals surface area contributed by atoms with Gasteiger partial charge in [0.05, 0.1) is 0 Å². The highest BCUT2D eigenvalue weighted by Gasteiger charge is 2.20. The third kappa shape index (κ3) is 3.19. The van der Waals surface area contributed by atoms with Gasteiger partial charge in [0.15, 0.2) is 0 Å². The number of primary amides is 1. The number of hydrogen-bond donors (Lipinski definition) is 3. The topological polar surface area (TPSA) is 141 Å². The molecule has 8 nitrogen and oxygen atoms in total. The number of amides is 1. The van der Waals surface area contributed by atoms with E-state index in [-0.39, 0.29) is 17.5 Å². The molecule has 0 aliphatic heterocycles. The van der Waals surface area contributed by atoms with Gasteiger partial charge < -0.3 is 21.1 Å². The molecule has 0 spiro atoms. The summed E-state index contributed by atoms with van der Waals surface area (Å²) in [6, 6.07) is 11.7. The Bertz CT molecular complexity index is 1180. The van der Waals surface area contributed by atoms with Crippen molar-refractivity contribution in [3.63, 3.8) is 0 Å². The molecule has 0 radical (unpaired) electrons. The standard InChI is InChI=1S/C19H15N5O3S/c1-9-2-3-11(16(21)26)8-13(9)17-23-18(27-24-17)14-15(20)22-19(28-14)10-4-6-12(25)7-5-10/h2-8,25H,20H2,1H3,(H2,21,26). The number of phenols is 1. The number of carbonyl (C=O) groups excluding carboxylic acids is 1. The Morgan fingerprint density at radius 1 is 1.14 bits per heavy atom. The minimum Gasteiger partial charge on any atom is -0.508 e. The van der Waals surface area contributed by atoms with E-state index in [0.29, 0.717) is 26.8 Å². The summed E-state index contributed by atoms with van der Waals surface area (Å²) in [5.74, 6) is 0.471. The number of aryl methyl sites for hydroxylation is 1. The monoisotopic (exact) mass is 393 g/mol. The molecule has 4 aromatic rings. The lowest BCUT2D eigenvalue weighted by atomic mass is 10.0. The summed E-state index contributed by atoms with van der Waals surface area (Å²) in [6.07, 6.45) is 0. The molecule has 2 aromatic carbocycles. The van der Waals surface area contributed by atoms with Crippen LogP contribution in [-0.4, -0.2) is 26.1 Å². The normalized spacial score (nSPS) is 10.9. The maximum atomic E-state index is 11.4. The van der Waals surface area contributed by atoms with Crippen LogP contribution < -0.4 is 11.5 Å². The van der Waals surface area contributed by atoms with Crippen molar-refractivity contribution >= 4 is 23.1 Å². The van der Waals surface area contributed by atoms with Crippen molar-refractivity contribution in [1.29, 1.82) is 0 Å². The molecule has 0 fully saturated rings. The van der Waals surface area contributed by atoms with E-state index in [1.165, 1.54) is 11.3 Å².